The van der Waals surface area contributed by atoms with Crippen molar-refractivity contribution < 1.29 is 0 Å². The zero-order valence-corrected chi connectivity index (χ0v) is 17.7. The minimum absolute atomic E-state index is 0.486. The van der Waals surface area contributed by atoms with Gasteiger partial charge in [0.05, 0.1) is 11.9 Å². The number of hydrogen-bond donors (Lipinski definition) is 1. The highest BCUT2D eigenvalue weighted by Crippen LogP contribution is 2.09. The van der Waals surface area contributed by atoms with Crippen molar-refractivity contribution in [2.45, 2.75) is 39.8 Å². The van der Waals surface area contributed by atoms with Crippen LogP contribution in [0.3, 0.4) is 0 Å². The number of rotatable bonds is 8. The molecule has 0 bridgehead atoms. The Morgan fingerprint density at radius 3 is 2.69 bits per heavy atom. The van der Waals surface area contributed by atoms with E-state index in [1.165, 1.54) is 0 Å². The zero-order chi connectivity index (χ0) is 20.6. The maximum absolute atomic E-state index is 4.78. The van der Waals surface area contributed by atoms with E-state index in [1.807, 2.05) is 66.8 Å². The summed E-state index contributed by atoms with van der Waals surface area (Å²) in [5.41, 5.74) is 2.17. The Balaban J connectivity index is 1.70. The van der Waals surface area contributed by atoms with Crippen LogP contribution >= 0.6 is 0 Å². The van der Waals surface area contributed by atoms with Gasteiger partial charge in [-0.1, -0.05) is 31.5 Å². The lowest BCUT2D eigenvalue weighted by atomic mass is 10.3. The third-order valence-corrected chi connectivity index (χ3v) is 4.80. The summed E-state index contributed by atoms with van der Waals surface area (Å²) in [6, 6.07) is 10.1. The highest BCUT2D eigenvalue weighted by Gasteiger charge is 2.11. The van der Waals surface area contributed by atoms with Crippen LogP contribution in [-0.4, -0.2) is 49.0 Å². The lowest BCUT2D eigenvalue weighted by molar-refractivity contribution is 0.472. The Bertz CT molecular complexity index is 925. The molecule has 3 aromatic rings. The fourth-order valence-electron chi connectivity index (χ4n) is 2.94. The largest absolute Gasteiger partial charge is 0.356 e. The van der Waals surface area contributed by atoms with Crippen LogP contribution in [0.5, 0.6) is 0 Å². The Morgan fingerprint density at radius 2 is 2.00 bits per heavy atom. The van der Waals surface area contributed by atoms with E-state index in [9.17, 15) is 0 Å². The first-order chi connectivity index (χ1) is 14.1. The average molecular weight is 395 g/mol. The van der Waals surface area contributed by atoms with Gasteiger partial charge in [-0.05, 0) is 25.5 Å². The van der Waals surface area contributed by atoms with Crippen molar-refractivity contribution >= 4 is 5.96 Å². The van der Waals surface area contributed by atoms with Gasteiger partial charge in [0.25, 0.3) is 0 Å². The smallest absolute Gasteiger partial charge is 0.194 e. The number of aromatic nitrogens is 5. The molecular formula is C21H30N8. The lowest BCUT2D eigenvalue weighted by Crippen LogP contribution is -2.39. The summed E-state index contributed by atoms with van der Waals surface area (Å²) in [5.74, 6) is 2.59. The predicted octanol–water partition coefficient (Wildman–Crippen LogP) is 2.69. The minimum Gasteiger partial charge on any atom is -0.356 e. The zero-order valence-electron chi connectivity index (χ0n) is 17.7. The highest BCUT2D eigenvalue weighted by molar-refractivity contribution is 5.79. The number of nitrogens with zero attached hydrogens (tertiary/aromatic N) is 7. The number of benzene rings is 1. The fraction of sp³-hybridized carbons (Fsp3) is 0.429. The van der Waals surface area contributed by atoms with Crippen LogP contribution in [0, 0.1) is 6.92 Å². The van der Waals surface area contributed by atoms with Crippen molar-refractivity contribution in [2.75, 3.05) is 13.6 Å². The van der Waals surface area contributed by atoms with Gasteiger partial charge in [0.2, 0.25) is 0 Å². The molecule has 0 atom stereocenters. The first-order valence-electron chi connectivity index (χ1n) is 10.0. The van der Waals surface area contributed by atoms with Gasteiger partial charge in [-0.25, -0.2) is 9.67 Å². The molecule has 0 saturated carbocycles. The summed E-state index contributed by atoms with van der Waals surface area (Å²) >= 11 is 0. The summed E-state index contributed by atoms with van der Waals surface area (Å²) in [5, 5.41) is 16.3. The first kappa shape index (κ1) is 20.6. The number of nitrogens with one attached hydrogen (secondary N) is 1. The molecule has 0 saturated heterocycles. The second-order valence-corrected chi connectivity index (χ2v) is 7.13. The quantitative estimate of drug-likeness (QED) is 0.361. The Morgan fingerprint density at radius 1 is 1.21 bits per heavy atom. The lowest BCUT2D eigenvalue weighted by Gasteiger charge is -2.22. The standard InChI is InChI=1S/C21H30N8/c1-5-6-12-22-21(23-14-20-26-25-17(2)28(20)4)27(3)15-18-13-24-29(16-18)19-10-8-7-9-11-19/h7-11,13,16H,5-6,12,14-15H2,1-4H3,(H,22,23). The average Bonchev–Trinajstić information content (AvgIpc) is 3.32. The van der Waals surface area contributed by atoms with Crippen molar-refractivity contribution in [1.82, 2.24) is 34.8 Å². The van der Waals surface area contributed by atoms with Gasteiger partial charge in [-0.3, -0.25) is 0 Å². The van der Waals surface area contributed by atoms with E-state index in [4.69, 9.17) is 4.99 Å². The van der Waals surface area contributed by atoms with Crippen LogP contribution in [0.1, 0.15) is 37.0 Å². The van der Waals surface area contributed by atoms with Gasteiger partial charge in [-0.2, -0.15) is 5.10 Å². The Labute approximate surface area is 172 Å². The first-order valence-corrected chi connectivity index (χ1v) is 10.0. The van der Waals surface area contributed by atoms with Crippen molar-refractivity contribution in [2.24, 2.45) is 12.0 Å². The molecular weight excluding hydrogens is 364 g/mol. The predicted molar refractivity (Wildman–Crippen MR) is 115 cm³/mol. The number of aliphatic imine (C=N–C) groups is 1. The van der Waals surface area contributed by atoms with Crippen LogP contribution in [0.2, 0.25) is 0 Å². The highest BCUT2D eigenvalue weighted by atomic mass is 15.3. The molecule has 8 heteroatoms. The van der Waals surface area contributed by atoms with Crippen LogP contribution < -0.4 is 5.32 Å². The maximum Gasteiger partial charge on any atom is 0.194 e. The van der Waals surface area contributed by atoms with Gasteiger partial charge in [0.1, 0.15) is 12.4 Å². The SMILES string of the molecule is CCCCNC(=NCc1nnc(C)n1C)N(C)Cc1cnn(-c2ccccc2)c1. The van der Waals surface area contributed by atoms with E-state index in [1.54, 1.807) is 0 Å². The van der Waals surface area contributed by atoms with Gasteiger partial charge < -0.3 is 14.8 Å². The number of aryl methyl sites for hydroxylation is 1. The molecule has 0 spiro atoms. The summed E-state index contributed by atoms with van der Waals surface area (Å²) in [6.45, 7) is 6.21. The molecule has 29 heavy (non-hydrogen) atoms. The topological polar surface area (TPSA) is 76.2 Å². The minimum atomic E-state index is 0.486. The molecule has 2 heterocycles. The molecule has 0 aliphatic rings. The summed E-state index contributed by atoms with van der Waals surface area (Å²) in [7, 11) is 4.01. The Hall–Kier alpha value is -3.16. The van der Waals surface area contributed by atoms with E-state index in [-0.39, 0.29) is 0 Å². The Kier molecular flexibility index (Phi) is 6.99. The molecule has 8 nitrogen and oxygen atoms in total. The van der Waals surface area contributed by atoms with Crippen LogP contribution in [0.25, 0.3) is 5.69 Å². The number of unbranched alkanes of at least 4 members (excludes halogenated alkanes) is 1. The maximum atomic E-state index is 4.78. The monoisotopic (exact) mass is 394 g/mol. The molecule has 0 fully saturated rings. The molecule has 1 aromatic carbocycles. The van der Waals surface area contributed by atoms with Gasteiger partial charge >= 0.3 is 0 Å². The second-order valence-electron chi connectivity index (χ2n) is 7.13. The molecule has 3 rings (SSSR count). The van der Waals surface area contributed by atoms with Gasteiger partial charge in [0, 0.05) is 38.9 Å². The fourth-order valence-corrected chi connectivity index (χ4v) is 2.94. The molecule has 2 aromatic heterocycles. The van der Waals surface area contributed by atoms with Crippen LogP contribution in [0.15, 0.2) is 47.7 Å². The van der Waals surface area contributed by atoms with E-state index in [0.717, 1.165) is 48.2 Å². The molecule has 0 aliphatic heterocycles. The molecule has 154 valence electrons. The van der Waals surface area contributed by atoms with Crippen molar-refractivity contribution in [1.29, 1.82) is 0 Å². The molecule has 0 aliphatic carbocycles. The number of para-hydroxylation sites is 1. The van der Waals surface area contributed by atoms with Crippen molar-refractivity contribution in [3.8, 4) is 5.69 Å². The molecule has 1 N–H and O–H groups in total. The third-order valence-electron chi connectivity index (χ3n) is 4.80. The third kappa shape index (κ3) is 5.43. The van der Waals surface area contributed by atoms with E-state index >= 15 is 0 Å². The van der Waals surface area contributed by atoms with Gasteiger partial charge in [0.15, 0.2) is 11.8 Å². The van der Waals surface area contributed by atoms with Crippen LogP contribution in [-0.2, 0) is 20.1 Å². The molecule has 0 unspecified atom stereocenters. The summed E-state index contributed by atoms with van der Waals surface area (Å²) < 4.78 is 3.86. The number of hydrogen-bond acceptors (Lipinski definition) is 4. The van der Waals surface area contributed by atoms with E-state index in [2.05, 4.69) is 38.6 Å². The van der Waals surface area contributed by atoms with Crippen molar-refractivity contribution in [3.05, 3.63) is 59.9 Å². The normalized spacial score (nSPS) is 11.7. The van der Waals surface area contributed by atoms with E-state index < -0.39 is 0 Å². The number of guanidine groups is 1. The van der Waals surface area contributed by atoms with Crippen LogP contribution in [0.4, 0.5) is 0 Å². The van der Waals surface area contributed by atoms with Crippen molar-refractivity contribution in [3.63, 3.8) is 0 Å². The summed E-state index contributed by atoms with van der Waals surface area (Å²) in [6.07, 6.45) is 6.19. The summed E-state index contributed by atoms with van der Waals surface area (Å²) in [4.78, 5) is 6.90. The van der Waals surface area contributed by atoms with Gasteiger partial charge in [-0.15, -0.1) is 10.2 Å². The van der Waals surface area contributed by atoms with E-state index in [0.29, 0.717) is 13.1 Å². The molecule has 0 radical (unpaired) electrons. The second kappa shape index (κ2) is 9.86. The molecule has 0 amide bonds.